The van der Waals surface area contributed by atoms with Crippen molar-refractivity contribution < 1.29 is 23.0 Å². The van der Waals surface area contributed by atoms with Crippen LogP contribution in [-0.2, 0) is 4.74 Å². The van der Waals surface area contributed by atoms with E-state index < -0.39 is 12.7 Å². The highest BCUT2D eigenvalue weighted by atomic mass is 19.4. The minimum absolute atomic E-state index is 0.0595. The SMILES string of the molecule is OCCOCCCNCC(F)(F)F. The van der Waals surface area contributed by atoms with Crippen LogP contribution in [0, 0.1) is 0 Å². The Kier molecular flexibility index (Phi) is 6.93. The van der Waals surface area contributed by atoms with Crippen molar-refractivity contribution in [3.8, 4) is 0 Å². The Morgan fingerprint density at radius 3 is 2.46 bits per heavy atom. The quantitative estimate of drug-likeness (QED) is 0.590. The smallest absolute Gasteiger partial charge is 0.394 e. The van der Waals surface area contributed by atoms with Gasteiger partial charge in [-0.05, 0) is 13.0 Å². The normalized spacial score (nSPS) is 12.0. The standard InChI is InChI=1S/C7H14F3NO2/c8-7(9,10)6-11-2-1-4-13-5-3-12/h11-12H,1-6H2. The maximum atomic E-state index is 11.6. The fraction of sp³-hybridized carbons (Fsp3) is 1.00. The van der Waals surface area contributed by atoms with Gasteiger partial charge in [0.1, 0.15) is 0 Å². The average molecular weight is 201 g/mol. The van der Waals surface area contributed by atoms with Crippen molar-refractivity contribution in [2.75, 3.05) is 32.9 Å². The van der Waals surface area contributed by atoms with Crippen LogP contribution in [0.5, 0.6) is 0 Å². The molecule has 0 aromatic rings. The summed E-state index contributed by atoms with van der Waals surface area (Å²) in [4.78, 5) is 0. The van der Waals surface area contributed by atoms with E-state index in [1.165, 1.54) is 0 Å². The molecule has 2 N–H and O–H groups in total. The van der Waals surface area contributed by atoms with E-state index in [1.807, 2.05) is 0 Å². The molecule has 80 valence electrons. The maximum Gasteiger partial charge on any atom is 0.401 e. The molecule has 0 spiro atoms. The summed E-state index contributed by atoms with van der Waals surface area (Å²) in [7, 11) is 0. The highest BCUT2D eigenvalue weighted by Crippen LogP contribution is 2.11. The van der Waals surface area contributed by atoms with Gasteiger partial charge in [-0.1, -0.05) is 0 Å². The van der Waals surface area contributed by atoms with Crippen molar-refractivity contribution in [1.29, 1.82) is 0 Å². The zero-order valence-corrected chi connectivity index (χ0v) is 7.23. The zero-order chi connectivity index (χ0) is 10.2. The van der Waals surface area contributed by atoms with Crippen molar-refractivity contribution in [3.05, 3.63) is 0 Å². The lowest BCUT2D eigenvalue weighted by molar-refractivity contribution is -0.124. The molecule has 0 amide bonds. The third kappa shape index (κ3) is 11.7. The fourth-order valence-corrected chi connectivity index (χ4v) is 0.696. The Hall–Kier alpha value is -0.330. The van der Waals surface area contributed by atoms with Gasteiger partial charge in [-0.2, -0.15) is 13.2 Å². The average Bonchev–Trinajstić information content (AvgIpc) is 2.01. The van der Waals surface area contributed by atoms with Crippen LogP contribution in [0.1, 0.15) is 6.42 Å². The van der Waals surface area contributed by atoms with E-state index in [-0.39, 0.29) is 19.8 Å². The number of ether oxygens (including phenoxy) is 1. The van der Waals surface area contributed by atoms with E-state index in [1.54, 1.807) is 0 Å². The molecule has 13 heavy (non-hydrogen) atoms. The summed E-state index contributed by atoms with van der Waals surface area (Å²) in [5, 5.41) is 10.5. The third-order valence-corrected chi connectivity index (χ3v) is 1.20. The monoisotopic (exact) mass is 201 g/mol. The molecule has 0 rings (SSSR count). The summed E-state index contributed by atoms with van der Waals surface area (Å²) in [6, 6.07) is 0. The van der Waals surface area contributed by atoms with Crippen molar-refractivity contribution in [2.45, 2.75) is 12.6 Å². The van der Waals surface area contributed by atoms with Crippen LogP contribution in [0.25, 0.3) is 0 Å². The van der Waals surface area contributed by atoms with Gasteiger partial charge in [0.05, 0.1) is 19.8 Å². The maximum absolute atomic E-state index is 11.6. The largest absolute Gasteiger partial charge is 0.401 e. The Bertz CT molecular complexity index is 119. The Morgan fingerprint density at radius 2 is 1.92 bits per heavy atom. The molecule has 0 saturated heterocycles. The number of aliphatic hydroxyl groups is 1. The first-order chi connectivity index (χ1) is 6.06. The van der Waals surface area contributed by atoms with Crippen LogP contribution >= 0.6 is 0 Å². The van der Waals surface area contributed by atoms with Gasteiger partial charge in [-0.3, -0.25) is 0 Å². The summed E-state index contributed by atoms with van der Waals surface area (Å²) >= 11 is 0. The lowest BCUT2D eigenvalue weighted by Crippen LogP contribution is -2.29. The second-order valence-corrected chi connectivity index (χ2v) is 2.48. The van der Waals surface area contributed by atoms with Gasteiger partial charge in [0.15, 0.2) is 0 Å². The van der Waals surface area contributed by atoms with E-state index >= 15 is 0 Å². The van der Waals surface area contributed by atoms with Crippen molar-refractivity contribution in [3.63, 3.8) is 0 Å². The summed E-state index contributed by atoms with van der Waals surface area (Å²) in [5.41, 5.74) is 0. The first-order valence-electron chi connectivity index (χ1n) is 4.02. The van der Waals surface area contributed by atoms with Crippen molar-refractivity contribution in [1.82, 2.24) is 5.32 Å². The minimum Gasteiger partial charge on any atom is -0.394 e. The number of halogens is 3. The second kappa shape index (κ2) is 7.11. The summed E-state index contributed by atoms with van der Waals surface area (Å²) in [6.45, 7) is -0.154. The van der Waals surface area contributed by atoms with Gasteiger partial charge < -0.3 is 15.2 Å². The second-order valence-electron chi connectivity index (χ2n) is 2.48. The highest BCUT2D eigenvalue weighted by Gasteiger charge is 2.25. The molecule has 0 radical (unpaired) electrons. The molecule has 6 heteroatoms. The van der Waals surface area contributed by atoms with Gasteiger partial charge >= 0.3 is 6.18 Å². The topological polar surface area (TPSA) is 41.5 Å². The third-order valence-electron chi connectivity index (χ3n) is 1.20. The molecule has 0 aromatic heterocycles. The number of hydrogen-bond donors (Lipinski definition) is 2. The van der Waals surface area contributed by atoms with Crippen LogP contribution in [-0.4, -0.2) is 44.2 Å². The molecule has 0 fully saturated rings. The van der Waals surface area contributed by atoms with E-state index in [2.05, 4.69) is 5.32 Å². The molecule has 0 aliphatic rings. The Morgan fingerprint density at radius 1 is 1.23 bits per heavy atom. The number of nitrogens with one attached hydrogen (secondary N) is 1. The van der Waals surface area contributed by atoms with Gasteiger partial charge in [0.2, 0.25) is 0 Å². The van der Waals surface area contributed by atoms with E-state index in [4.69, 9.17) is 9.84 Å². The van der Waals surface area contributed by atoms with Crippen LogP contribution in [0.3, 0.4) is 0 Å². The summed E-state index contributed by atoms with van der Waals surface area (Å²) in [6.07, 6.45) is -3.64. The van der Waals surface area contributed by atoms with Gasteiger partial charge in [-0.15, -0.1) is 0 Å². The molecule has 0 heterocycles. The Labute approximate surface area is 74.9 Å². The number of hydrogen-bond acceptors (Lipinski definition) is 3. The van der Waals surface area contributed by atoms with Crippen LogP contribution in [0.4, 0.5) is 13.2 Å². The van der Waals surface area contributed by atoms with Gasteiger partial charge in [0.25, 0.3) is 0 Å². The van der Waals surface area contributed by atoms with E-state index in [9.17, 15) is 13.2 Å². The predicted molar refractivity (Wildman–Crippen MR) is 41.4 cm³/mol. The predicted octanol–water partition coefficient (Wildman–Crippen LogP) is 0.537. The molecule has 0 atom stereocenters. The van der Waals surface area contributed by atoms with Gasteiger partial charge in [-0.25, -0.2) is 0 Å². The molecule has 0 aliphatic carbocycles. The molecule has 3 nitrogen and oxygen atoms in total. The van der Waals surface area contributed by atoms with Crippen molar-refractivity contribution in [2.24, 2.45) is 0 Å². The molecule has 0 unspecified atom stereocenters. The van der Waals surface area contributed by atoms with E-state index in [0.717, 1.165) is 0 Å². The van der Waals surface area contributed by atoms with Crippen molar-refractivity contribution >= 4 is 0 Å². The van der Waals surface area contributed by atoms with Crippen LogP contribution in [0.2, 0.25) is 0 Å². The van der Waals surface area contributed by atoms with Gasteiger partial charge in [0, 0.05) is 6.61 Å². The minimum atomic E-state index is -4.15. The number of aliphatic hydroxyl groups excluding tert-OH is 1. The number of rotatable bonds is 7. The molecule has 0 aromatic carbocycles. The Balaban J connectivity index is 3.00. The summed E-state index contributed by atoms with van der Waals surface area (Å²) in [5.74, 6) is 0. The lowest BCUT2D eigenvalue weighted by atomic mass is 10.4. The molecule has 0 bridgehead atoms. The van der Waals surface area contributed by atoms with Crippen LogP contribution < -0.4 is 5.32 Å². The highest BCUT2D eigenvalue weighted by molar-refractivity contribution is 4.55. The molecule has 0 aliphatic heterocycles. The number of alkyl halides is 3. The van der Waals surface area contributed by atoms with E-state index in [0.29, 0.717) is 13.0 Å². The molecule has 0 saturated carbocycles. The van der Waals surface area contributed by atoms with Crippen LogP contribution in [0.15, 0.2) is 0 Å². The lowest BCUT2D eigenvalue weighted by Gasteiger charge is -2.07. The fourth-order valence-electron chi connectivity index (χ4n) is 0.696. The summed E-state index contributed by atoms with van der Waals surface area (Å²) < 4.78 is 39.5. The molecular weight excluding hydrogens is 187 g/mol. The zero-order valence-electron chi connectivity index (χ0n) is 7.23. The first kappa shape index (κ1) is 12.7. The first-order valence-corrected chi connectivity index (χ1v) is 4.02. The molecular formula is C7H14F3NO2.